The first-order chi connectivity index (χ1) is 12.9. The van der Waals surface area contributed by atoms with Crippen LogP contribution in [-0.4, -0.2) is 46.9 Å². The van der Waals surface area contributed by atoms with Crippen molar-refractivity contribution in [3.05, 3.63) is 22.4 Å². The van der Waals surface area contributed by atoms with Crippen molar-refractivity contribution in [2.75, 3.05) is 19.8 Å². The molecule has 0 aliphatic carbocycles. The molecule has 2 aromatic rings. The molecule has 27 heavy (non-hydrogen) atoms. The first-order valence-electron chi connectivity index (χ1n) is 8.56. The number of rotatable bonds is 2. The summed E-state index contributed by atoms with van der Waals surface area (Å²) in [6.45, 7) is 2.26. The second-order valence-corrected chi connectivity index (χ2v) is 7.62. The van der Waals surface area contributed by atoms with E-state index >= 15 is 0 Å². The van der Waals surface area contributed by atoms with Gasteiger partial charge in [0.15, 0.2) is 0 Å². The lowest BCUT2D eigenvalue weighted by atomic mass is 10.1. The summed E-state index contributed by atoms with van der Waals surface area (Å²) in [7, 11) is 0. The predicted octanol–water partition coefficient (Wildman–Crippen LogP) is 3.06. The third kappa shape index (κ3) is 3.93. The third-order valence-electron chi connectivity index (χ3n) is 4.59. The summed E-state index contributed by atoms with van der Waals surface area (Å²) in [5.74, 6) is -1.44. The molecule has 2 amide bonds. The van der Waals surface area contributed by atoms with Gasteiger partial charge in [0.25, 0.3) is 0 Å². The van der Waals surface area contributed by atoms with Crippen molar-refractivity contribution in [2.24, 2.45) is 0 Å². The van der Waals surface area contributed by atoms with Crippen LogP contribution >= 0.6 is 11.3 Å². The highest BCUT2D eigenvalue weighted by molar-refractivity contribution is 7.15. The Labute approximate surface area is 156 Å². The quantitative estimate of drug-likeness (QED) is 0.835. The number of alkyl halides is 3. The monoisotopic (exact) mass is 402 g/mol. The van der Waals surface area contributed by atoms with Crippen molar-refractivity contribution < 1.29 is 27.2 Å². The zero-order valence-corrected chi connectivity index (χ0v) is 15.0. The maximum absolute atomic E-state index is 12.6. The van der Waals surface area contributed by atoms with Gasteiger partial charge in [-0.2, -0.15) is 18.2 Å². The number of nitrogens with one attached hydrogen (secondary N) is 1. The summed E-state index contributed by atoms with van der Waals surface area (Å²) < 4.78 is 47.5. The minimum atomic E-state index is -4.67. The molecular weight excluding hydrogens is 385 g/mol. The lowest BCUT2D eigenvalue weighted by Gasteiger charge is -2.30. The molecule has 2 aliphatic heterocycles. The van der Waals surface area contributed by atoms with Crippen LogP contribution in [0.15, 0.2) is 10.6 Å². The highest BCUT2D eigenvalue weighted by Gasteiger charge is 2.39. The number of nitrogens with zero attached hydrogens (tertiary/aromatic N) is 3. The predicted molar refractivity (Wildman–Crippen MR) is 89.1 cm³/mol. The van der Waals surface area contributed by atoms with Crippen LogP contribution in [0.25, 0.3) is 10.7 Å². The van der Waals surface area contributed by atoms with Crippen LogP contribution in [-0.2, 0) is 23.9 Å². The van der Waals surface area contributed by atoms with Gasteiger partial charge in [-0.25, -0.2) is 4.79 Å². The molecule has 0 aromatic carbocycles. The Kier molecular flexibility index (Phi) is 4.81. The van der Waals surface area contributed by atoms with Gasteiger partial charge in [0, 0.05) is 37.2 Å². The Hall–Kier alpha value is -2.14. The van der Waals surface area contributed by atoms with E-state index in [2.05, 4.69) is 20.0 Å². The SMILES string of the molecule is O=C(NC1CCOCC1)N1CCc2sc(-c3noc(C(F)(F)F)n3)cc2C1. The number of urea groups is 1. The number of hydrogen-bond donors (Lipinski definition) is 1. The van der Waals surface area contributed by atoms with Crippen LogP contribution in [0, 0.1) is 0 Å². The average Bonchev–Trinajstić information content (AvgIpc) is 3.28. The first-order valence-corrected chi connectivity index (χ1v) is 9.38. The van der Waals surface area contributed by atoms with E-state index in [1.807, 2.05) is 0 Å². The molecule has 7 nitrogen and oxygen atoms in total. The molecular formula is C16H17F3N4O3S. The van der Waals surface area contributed by atoms with Crippen molar-refractivity contribution in [3.63, 3.8) is 0 Å². The number of hydrogen-bond acceptors (Lipinski definition) is 6. The fourth-order valence-electron chi connectivity index (χ4n) is 3.16. The van der Waals surface area contributed by atoms with E-state index in [-0.39, 0.29) is 17.9 Å². The molecule has 4 heterocycles. The molecule has 2 aromatic heterocycles. The summed E-state index contributed by atoms with van der Waals surface area (Å²) >= 11 is 1.33. The van der Waals surface area contributed by atoms with Gasteiger partial charge in [-0.15, -0.1) is 11.3 Å². The zero-order chi connectivity index (χ0) is 19.0. The highest BCUT2D eigenvalue weighted by atomic mass is 32.1. The van der Waals surface area contributed by atoms with E-state index in [9.17, 15) is 18.0 Å². The van der Waals surface area contributed by atoms with Crippen molar-refractivity contribution in [1.29, 1.82) is 0 Å². The van der Waals surface area contributed by atoms with Crippen molar-refractivity contribution in [3.8, 4) is 10.7 Å². The van der Waals surface area contributed by atoms with Crippen molar-refractivity contribution >= 4 is 17.4 Å². The second kappa shape index (κ2) is 7.12. The zero-order valence-electron chi connectivity index (χ0n) is 14.2. The van der Waals surface area contributed by atoms with Crippen molar-refractivity contribution in [1.82, 2.24) is 20.4 Å². The van der Waals surface area contributed by atoms with E-state index in [1.165, 1.54) is 11.3 Å². The molecule has 0 unspecified atom stereocenters. The van der Waals surface area contributed by atoms with Gasteiger partial charge in [-0.05, 0) is 30.9 Å². The standard InChI is InChI=1S/C16H17F3N4O3S/c17-16(18,19)14-21-13(22-26-14)12-7-9-8-23(4-1-11(9)27-12)15(24)20-10-2-5-25-6-3-10/h7,10H,1-6,8H2,(H,20,24). The van der Waals surface area contributed by atoms with Gasteiger partial charge in [0.2, 0.25) is 5.82 Å². The number of amides is 2. The molecule has 0 saturated carbocycles. The van der Waals surface area contributed by atoms with Gasteiger partial charge in [-0.3, -0.25) is 0 Å². The van der Waals surface area contributed by atoms with Gasteiger partial charge in [0.1, 0.15) is 0 Å². The summed E-state index contributed by atoms with van der Waals surface area (Å²) in [6.07, 6.45) is -2.42. The lowest BCUT2D eigenvalue weighted by molar-refractivity contribution is -0.159. The number of carbonyl (C=O) groups excluding carboxylic acids is 1. The van der Waals surface area contributed by atoms with Crippen LogP contribution < -0.4 is 5.32 Å². The molecule has 2 aliphatic rings. The Morgan fingerprint density at radius 3 is 2.81 bits per heavy atom. The first kappa shape index (κ1) is 18.2. The van der Waals surface area contributed by atoms with Gasteiger partial charge >= 0.3 is 18.1 Å². The third-order valence-corrected chi connectivity index (χ3v) is 5.82. The Bertz CT molecular complexity index is 829. The molecule has 1 fully saturated rings. The van der Waals surface area contributed by atoms with E-state index in [1.54, 1.807) is 11.0 Å². The largest absolute Gasteiger partial charge is 0.471 e. The van der Waals surface area contributed by atoms with E-state index < -0.39 is 12.1 Å². The number of fused-ring (bicyclic) bond motifs is 1. The van der Waals surface area contributed by atoms with Crippen LogP contribution in [0.2, 0.25) is 0 Å². The minimum absolute atomic E-state index is 0.0834. The highest BCUT2D eigenvalue weighted by Crippen LogP contribution is 2.35. The molecule has 0 bridgehead atoms. The fraction of sp³-hybridized carbons (Fsp3) is 0.562. The van der Waals surface area contributed by atoms with Crippen LogP contribution in [0.5, 0.6) is 0 Å². The molecule has 0 spiro atoms. The lowest BCUT2D eigenvalue weighted by Crippen LogP contribution is -2.47. The molecule has 11 heteroatoms. The van der Waals surface area contributed by atoms with E-state index in [0.717, 1.165) is 23.3 Å². The summed E-state index contributed by atoms with van der Waals surface area (Å²) in [5.41, 5.74) is 0.904. The number of aromatic nitrogens is 2. The van der Waals surface area contributed by atoms with Crippen molar-refractivity contribution in [2.45, 2.75) is 38.0 Å². The summed E-state index contributed by atoms with van der Waals surface area (Å²) in [4.78, 5) is 19.2. The second-order valence-electron chi connectivity index (χ2n) is 6.49. The summed E-state index contributed by atoms with van der Waals surface area (Å²) in [6, 6.07) is 1.73. The van der Waals surface area contributed by atoms with E-state index in [4.69, 9.17) is 4.74 Å². The van der Waals surface area contributed by atoms with Gasteiger partial charge in [-0.1, -0.05) is 5.16 Å². The van der Waals surface area contributed by atoms with Crippen LogP contribution in [0.4, 0.5) is 18.0 Å². The average molecular weight is 402 g/mol. The number of halogens is 3. The van der Waals surface area contributed by atoms with Gasteiger partial charge < -0.3 is 19.5 Å². The molecule has 4 rings (SSSR count). The number of thiophene rings is 1. The smallest absolute Gasteiger partial charge is 0.381 e. The maximum atomic E-state index is 12.6. The normalized spacial score (nSPS) is 18.4. The molecule has 0 atom stereocenters. The van der Waals surface area contributed by atoms with E-state index in [0.29, 0.717) is 37.6 Å². The molecule has 1 saturated heterocycles. The topological polar surface area (TPSA) is 80.5 Å². The number of carbonyl (C=O) groups is 1. The van der Waals surface area contributed by atoms with Crippen LogP contribution in [0.3, 0.4) is 0 Å². The Balaban J connectivity index is 1.44. The molecule has 146 valence electrons. The number of ether oxygens (including phenoxy) is 1. The maximum Gasteiger partial charge on any atom is 0.471 e. The molecule has 1 N–H and O–H groups in total. The Morgan fingerprint density at radius 2 is 2.11 bits per heavy atom. The molecule has 0 radical (unpaired) electrons. The van der Waals surface area contributed by atoms with Crippen LogP contribution in [0.1, 0.15) is 29.2 Å². The fourth-order valence-corrected chi connectivity index (χ4v) is 4.25. The minimum Gasteiger partial charge on any atom is -0.381 e. The van der Waals surface area contributed by atoms with Gasteiger partial charge in [0.05, 0.1) is 4.88 Å². The summed E-state index contributed by atoms with van der Waals surface area (Å²) in [5, 5.41) is 6.45. The Morgan fingerprint density at radius 1 is 1.33 bits per heavy atom.